The number of hydrogen-bond donors (Lipinski definition) is 7. The van der Waals surface area contributed by atoms with Crippen LogP contribution < -0.4 is 27.4 Å². The molecule has 0 heterocycles. The zero-order valence-corrected chi connectivity index (χ0v) is 18.0. The molecule has 4 amide bonds. The molecule has 0 rings (SSSR count). The highest BCUT2D eigenvalue weighted by atomic mass is 32.2. The molecule has 9 N–H and O–H groups in total. The van der Waals surface area contributed by atoms with Crippen molar-refractivity contribution >= 4 is 41.4 Å². The van der Waals surface area contributed by atoms with Crippen LogP contribution in [0.5, 0.6) is 0 Å². The van der Waals surface area contributed by atoms with Crippen molar-refractivity contribution in [3.8, 4) is 0 Å². The summed E-state index contributed by atoms with van der Waals surface area (Å²) in [5, 5.41) is 25.2. The van der Waals surface area contributed by atoms with Crippen LogP contribution in [0.3, 0.4) is 0 Å². The van der Waals surface area contributed by atoms with Crippen LogP contribution in [0.25, 0.3) is 0 Å². The zero-order chi connectivity index (χ0) is 23.4. The van der Waals surface area contributed by atoms with E-state index in [9.17, 15) is 29.1 Å². The van der Waals surface area contributed by atoms with E-state index < -0.39 is 72.7 Å². The van der Waals surface area contributed by atoms with Crippen LogP contribution in [0, 0.1) is 5.92 Å². The third-order valence-corrected chi connectivity index (χ3v) is 4.69. The van der Waals surface area contributed by atoms with Crippen molar-refractivity contribution in [1.29, 1.82) is 0 Å². The first-order valence-electron chi connectivity index (χ1n) is 9.22. The lowest BCUT2D eigenvalue weighted by atomic mass is 10.0. The van der Waals surface area contributed by atoms with E-state index in [1.54, 1.807) is 20.1 Å². The first-order chi connectivity index (χ1) is 13.9. The van der Waals surface area contributed by atoms with Crippen LogP contribution >= 0.6 is 11.8 Å². The van der Waals surface area contributed by atoms with Gasteiger partial charge < -0.3 is 37.6 Å². The van der Waals surface area contributed by atoms with E-state index in [4.69, 9.17) is 16.6 Å². The number of carboxylic acids is 1. The fraction of sp³-hybridized carbons (Fsp3) is 0.706. The maximum Gasteiger partial charge on any atom is 0.326 e. The Labute approximate surface area is 178 Å². The minimum absolute atomic E-state index is 0.195. The van der Waals surface area contributed by atoms with Gasteiger partial charge in [-0.3, -0.25) is 19.2 Å². The Morgan fingerprint density at radius 3 is 1.97 bits per heavy atom. The molecule has 12 nitrogen and oxygen atoms in total. The van der Waals surface area contributed by atoms with Gasteiger partial charge in [0, 0.05) is 0 Å². The van der Waals surface area contributed by atoms with E-state index in [0.29, 0.717) is 5.75 Å². The van der Waals surface area contributed by atoms with Crippen molar-refractivity contribution < 1.29 is 34.2 Å². The number of primary amides is 1. The molecule has 0 aromatic rings. The first kappa shape index (κ1) is 27.6. The van der Waals surface area contributed by atoms with Gasteiger partial charge in [-0.05, 0) is 24.3 Å². The number of aliphatic hydroxyl groups is 1. The Morgan fingerprint density at radius 2 is 1.53 bits per heavy atom. The highest BCUT2D eigenvalue weighted by molar-refractivity contribution is 7.98. The van der Waals surface area contributed by atoms with E-state index in [1.807, 2.05) is 0 Å². The normalized spacial score (nSPS) is 14.9. The van der Waals surface area contributed by atoms with E-state index >= 15 is 0 Å². The second kappa shape index (κ2) is 13.8. The molecule has 0 aliphatic rings. The van der Waals surface area contributed by atoms with Crippen molar-refractivity contribution in [1.82, 2.24) is 16.0 Å². The molecule has 30 heavy (non-hydrogen) atoms. The number of aliphatic carboxylic acids is 1. The highest BCUT2D eigenvalue weighted by Gasteiger charge is 2.32. The van der Waals surface area contributed by atoms with Crippen LogP contribution in [0.4, 0.5) is 0 Å². The SMILES string of the molecule is CSCCC(NC(=O)C(NC(=O)C(CC(N)=O)NC(=O)C(N)CO)C(C)C)C(=O)O. The van der Waals surface area contributed by atoms with E-state index in [1.165, 1.54) is 11.8 Å². The van der Waals surface area contributed by atoms with Crippen molar-refractivity contribution in [2.24, 2.45) is 17.4 Å². The highest BCUT2D eigenvalue weighted by Crippen LogP contribution is 2.07. The van der Waals surface area contributed by atoms with E-state index in [-0.39, 0.29) is 6.42 Å². The standard InChI is InChI=1S/C17H31N5O7S/c1-8(2)13(16(27)20-10(17(28)29)4-5-30-3)22-15(26)11(6-12(19)24)21-14(25)9(18)7-23/h8-11,13,23H,4-7,18H2,1-3H3,(H2,19,24)(H,20,27)(H,21,25)(H,22,26)(H,28,29). The Morgan fingerprint density at radius 1 is 0.967 bits per heavy atom. The van der Waals surface area contributed by atoms with Crippen LogP contribution in [0.2, 0.25) is 0 Å². The number of rotatable bonds is 14. The number of carbonyl (C=O) groups excluding carboxylic acids is 4. The maximum atomic E-state index is 12.6. The number of nitrogens with two attached hydrogens (primary N) is 2. The third kappa shape index (κ3) is 9.89. The molecule has 4 atom stereocenters. The minimum atomic E-state index is -1.42. The van der Waals surface area contributed by atoms with Gasteiger partial charge in [0.25, 0.3) is 0 Å². The summed E-state index contributed by atoms with van der Waals surface area (Å²) in [5.74, 6) is -4.50. The minimum Gasteiger partial charge on any atom is -0.480 e. The van der Waals surface area contributed by atoms with E-state index in [2.05, 4.69) is 16.0 Å². The summed E-state index contributed by atoms with van der Waals surface area (Å²) < 4.78 is 0. The topological polar surface area (TPSA) is 214 Å². The van der Waals surface area contributed by atoms with Crippen molar-refractivity contribution in [2.45, 2.75) is 50.9 Å². The Hall–Kier alpha value is -2.38. The summed E-state index contributed by atoms with van der Waals surface area (Å²) in [4.78, 5) is 59.7. The quantitative estimate of drug-likeness (QED) is 0.145. The van der Waals surface area contributed by atoms with Crippen LogP contribution in [0.1, 0.15) is 26.7 Å². The van der Waals surface area contributed by atoms with Gasteiger partial charge in [0.1, 0.15) is 24.2 Å². The van der Waals surface area contributed by atoms with Crippen molar-refractivity contribution in [3.05, 3.63) is 0 Å². The average Bonchev–Trinajstić information content (AvgIpc) is 2.66. The van der Waals surface area contributed by atoms with Gasteiger partial charge in [0.15, 0.2) is 0 Å². The first-order valence-corrected chi connectivity index (χ1v) is 10.6. The van der Waals surface area contributed by atoms with E-state index in [0.717, 1.165) is 0 Å². The molecule has 0 aliphatic heterocycles. The Balaban J connectivity index is 5.35. The molecule has 0 fully saturated rings. The summed E-state index contributed by atoms with van der Waals surface area (Å²) in [5.41, 5.74) is 10.5. The summed E-state index contributed by atoms with van der Waals surface area (Å²) in [6.45, 7) is 2.58. The summed E-state index contributed by atoms with van der Waals surface area (Å²) in [7, 11) is 0. The molecule has 0 aliphatic carbocycles. The lowest BCUT2D eigenvalue weighted by Crippen LogP contribution is -2.59. The fourth-order valence-corrected chi connectivity index (χ4v) is 2.79. The van der Waals surface area contributed by atoms with Crippen molar-refractivity contribution in [3.63, 3.8) is 0 Å². The molecule has 0 aromatic carbocycles. The van der Waals surface area contributed by atoms with Gasteiger partial charge in [0.05, 0.1) is 13.0 Å². The molecule has 0 bridgehead atoms. The summed E-state index contributed by atoms with van der Waals surface area (Å²) in [6.07, 6.45) is 1.43. The van der Waals surface area contributed by atoms with Gasteiger partial charge in [-0.2, -0.15) is 11.8 Å². The number of amides is 4. The molecule has 172 valence electrons. The molecule has 0 radical (unpaired) electrons. The number of thioether (sulfide) groups is 1. The number of hydrogen-bond acceptors (Lipinski definition) is 8. The summed E-state index contributed by atoms with van der Waals surface area (Å²) in [6, 6.07) is -5.00. The van der Waals surface area contributed by atoms with Gasteiger partial charge in [-0.15, -0.1) is 0 Å². The van der Waals surface area contributed by atoms with Crippen LogP contribution in [-0.2, 0) is 24.0 Å². The molecule has 0 saturated carbocycles. The predicted octanol–water partition coefficient (Wildman–Crippen LogP) is -2.87. The molecular weight excluding hydrogens is 418 g/mol. The molecule has 13 heteroatoms. The van der Waals surface area contributed by atoms with Gasteiger partial charge in [-0.25, -0.2) is 4.79 Å². The fourth-order valence-electron chi connectivity index (χ4n) is 2.32. The largest absolute Gasteiger partial charge is 0.480 e. The number of nitrogens with one attached hydrogen (secondary N) is 3. The number of carboxylic acid groups (broad SMARTS) is 1. The Bertz CT molecular complexity index is 632. The molecular formula is C17H31N5O7S. The maximum absolute atomic E-state index is 12.6. The Kier molecular flexibility index (Phi) is 12.7. The zero-order valence-electron chi connectivity index (χ0n) is 17.2. The van der Waals surface area contributed by atoms with Crippen molar-refractivity contribution in [2.75, 3.05) is 18.6 Å². The molecule has 0 spiro atoms. The summed E-state index contributed by atoms with van der Waals surface area (Å²) >= 11 is 1.42. The smallest absolute Gasteiger partial charge is 0.326 e. The van der Waals surface area contributed by atoms with Gasteiger partial charge in [-0.1, -0.05) is 13.8 Å². The number of carbonyl (C=O) groups is 5. The molecule has 0 saturated heterocycles. The van der Waals surface area contributed by atoms with Gasteiger partial charge in [0.2, 0.25) is 23.6 Å². The third-order valence-electron chi connectivity index (χ3n) is 4.04. The lowest BCUT2D eigenvalue weighted by molar-refractivity contribution is -0.142. The molecule has 0 aromatic heterocycles. The number of aliphatic hydroxyl groups excluding tert-OH is 1. The lowest BCUT2D eigenvalue weighted by Gasteiger charge is -2.26. The monoisotopic (exact) mass is 449 g/mol. The van der Waals surface area contributed by atoms with Crippen LogP contribution in [-0.4, -0.2) is 82.6 Å². The average molecular weight is 450 g/mol. The second-order valence-corrected chi connectivity index (χ2v) is 7.92. The second-order valence-electron chi connectivity index (χ2n) is 6.93. The van der Waals surface area contributed by atoms with Crippen LogP contribution in [0.15, 0.2) is 0 Å². The van der Waals surface area contributed by atoms with Gasteiger partial charge >= 0.3 is 5.97 Å². The molecule has 4 unspecified atom stereocenters. The predicted molar refractivity (Wildman–Crippen MR) is 110 cm³/mol.